The van der Waals surface area contributed by atoms with E-state index in [2.05, 4.69) is 180 Å². The second-order valence-electron chi connectivity index (χ2n) is 24.8. The number of aliphatic hydroxyl groups is 1. The first kappa shape index (κ1) is 97.9. The summed E-state index contributed by atoms with van der Waals surface area (Å²) in [6, 6.07) is 0. The third-order valence-electron chi connectivity index (χ3n) is 15.1. The van der Waals surface area contributed by atoms with Crippen LogP contribution in [0.4, 0.5) is 0 Å². The molecule has 19 heteroatoms. The highest BCUT2D eigenvalue weighted by molar-refractivity contribution is 7.47. The average Bonchev–Trinajstić information content (AvgIpc) is 0.911. The van der Waals surface area contributed by atoms with Crippen molar-refractivity contribution >= 4 is 39.5 Å². The number of allylic oxidation sites excluding steroid dienone is 31. The number of phosphoric ester groups is 2. The van der Waals surface area contributed by atoms with Gasteiger partial charge in [0.1, 0.15) is 19.3 Å². The normalized spacial score (nSPS) is 15.0. The third-order valence-corrected chi connectivity index (χ3v) is 17.0. The Labute approximate surface area is 627 Å². The predicted molar refractivity (Wildman–Crippen MR) is 426 cm³/mol. The number of esters is 4. The lowest BCUT2D eigenvalue weighted by atomic mass is 10.1. The molecule has 0 aromatic rings. The van der Waals surface area contributed by atoms with Gasteiger partial charge in [0.05, 0.1) is 32.8 Å². The highest BCUT2D eigenvalue weighted by Crippen LogP contribution is 2.45. The van der Waals surface area contributed by atoms with E-state index in [0.717, 1.165) is 173 Å². The van der Waals surface area contributed by atoms with Gasteiger partial charge in [-0.3, -0.25) is 37.3 Å². The van der Waals surface area contributed by atoms with Crippen molar-refractivity contribution in [3.63, 3.8) is 0 Å². The molecule has 0 aliphatic rings. The first-order valence-electron chi connectivity index (χ1n) is 38.7. The van der Waals surface area contributed by atoms with Crippen LogP contribution in [0, 0.1) is 0 Å². The summed E-state index contributed by atoms with van der Waals surface area (Å²) in [6.45, 7) is 4.20. The molecular formula is C85H134O17P2. The van der Waals surface area contributed by atoms with Crippen LogP contribution >= 0.6 is 15.6 Å². The lowest BCUT2D eigenvalue weighted by molar-refractivity contribution is -0.161. The number of unbranched alkanes of at least 4 members (excludes halogenated alkanes) is 13. The number of aliphatic hydroxyl groups excluding tert-OH is 1. The Morgan fingerprint density at radius 2 is 0.558 bits per heavy atom. The van der Waals surface area contributed by atoms with Crippen LogP contribution in [0.3, 0.4) is 0 Å². The summed E-state index contributed by atoms with van der Waals surface area (Å²) in [4.78, 5) is 72.9. The van der Waals surface area contributed by atoms with E-state index in [1.165, 1.54) is 0 Å². The summed E-state index contributed by atoms with van der Waals surface area (Å²) in [5.74, 6) is -2.47. The fraction of sp³-hybridized carbons (Fsp3) is 0.576. The maximum atomic E-state index is 13.1. The molecule has 0 amide bonds. The molecule has 3 N–H and O–H groups in total. The summed E-state index contributed by atoms with van der Waals surface area (Å²) in [6.07, 6.45) is 91.8. The molecule has 0 heterocycles. The third kappa shape index (κ3) is 74.2. The summed E-state index contributed by atoms with van der Waals surface area (Å²) in [5, 5.41) is 10.6. The van der Waals surface area contributed by atoms with Gasteiger partial charge in [0, 0.05) is 19.3 Å². The molecule has 0 aromatic carbocycles. The highest BCUT2D eigenvalue weighted by atomic mass is 31.2. The number of rotatable bonds is 70. The fourth-order valence-electron chi connectivity index (χ4n) is 9.31. The zero-order valence-electron chi connectivity index (χ0n) is 63.9. The number of hydrogen-bond donors (Lipinski definition) is 3. The van der Waals surface area contributed by atoms with E-state index >= 15 is 0 Å². The van der Waals surface area contributed by atoms with Crippen LogP contribution in [0.1, 0.15) is 259 Å². The lowest BCUT2D eigenvalue weighted by Gasteiger charge is -2.21. The van der Waals surface area contributed by atoms with E-state index in [9.17, 15) is 43.2 Å². The van der Waals surface area contributed by atoms with Crippen LogP contribution in [-0.4, -0.2) is 96.7 Å². The van der Waals surface area contributed by atoms with Gasteiger partial charge >= 0.3 is 39.5 Å². The van der Waals surface area contributed by atoms with Crippen molar-refractivity contribution in [2.24, 2.45) is 0 Å². The Bertz CT molecular complexity index is 2740. The second-order valence-corrected chi connectivity index (χ2v) is 27.7. The van der Waals surface area contributed by atoms with Crippen molar-refractivity contribution in [1.29, 1.82) is 0 Å². The Balaban J connectivity index is 5.52. The summed E-state index contributed by atoms with van der Waals surface area (Å²) < 4.78 is 68.3. The molecule has 586 valence electrons. The van der Waals surface area contributed by atoms with E-state index < -0.39 is 97.5 Å². The van der Waals surface area contributed by atoms with Crippen LogP contribution in [0.5, 0.6) is 0 Å². The van der Waals surface area contributed by atoms with Crippen LogP contribution in [-0.2, 0) is 65.4 Å². The van der Waals surface area contributed by atoms with Crippen molar-refractivity contribution in [2.75, 3.05) is 39.6 Å². The molecule has 0 rings (SSSR count). The van der Waals surface area contributed by atoms with Gasteiger partial charge in [0.15, 0.2) is 12.2 Å². The Morgan fingerprint density at radius 3 is 0.894 bits per heavy atom. The maximum Gasteiger partial charge on any atom is 0.472 e. The van der Waals surface area contributed by atoms with Crippen LogP contribution in [0.25, 0.3) is 0 Å². The quantitative estimate of drug-likeness (QED) is 0.0169. The topological polar surface area (TPSA) is 237 Å². The Kier molecular flexibility index (Phi) is 70.7. The molecule has 0 bridgehead atoms. The van der Waals surface area contributed by atoms with Gasteiger partial charge < -0.3 is 33.8 Å². The molecule has 0 spiro atoms. The highest BCUT2D eigenvalue weighted by Gasteiger charge is 2.30. The number of carbonyl (C=O) groups is 4. The molecule has 0 radical (unpaired) electrons. The summed E-state index contributed by atoms with van der Waals surface area (Å²) in [7, 11) is -10.0. The Morgan fingerprint density at radius 1 is 0.288 bits per heavy atom. The summed E-state index contributed by atoms with van der Waals surface area (Å²) >= 11 is 0. The Hall–Kier alpha value is -6.10. The van der Waals surface area contributed by atoms with Gasteiger partial charge in [-0.05, 0) is 148 Å². The molecule has 0 saturated carbocycles. The fourth-order valence-corrected chi connectivity index (χ4v) is 10.9. The molecule has 0 aromatic heterocycles. The predicted octanol–water partition coefficient (Wildman–Crippen LogP) is 22.5. The van der Waals surface area contributed by atoms with Crippen molar-refractivity contribution in [2.45, 2.75) is 277 Å². The van der Waals surface area contributed by atoms with Crippen molar-refractivity contribution in [3.8, 4) is 0 Å². The maximum absolute atomic E-state index is 13.1. The minimum absolute atomic E-state index is 0.0242. The van der Waals surface area contributed by atoms with Crippen LogP contribution in [0.2, 0.25) is 0 Å². The number of ether oxygens (including phenoxy) is 4. The van der Waals surface area contributed by atoms with Crippen molar-refractivity contribution in [1.82, 2.24) is 0 Å². The monoisotopic (exact) mass is 1490 g/mol. The molecule has 0 aliphatic carbocycles. The number of phosphoric acid groups is 2. The zero-order chi connectivity index (χ0) is 76.0. The van der Waals surface area contributed by atoms with Gasteiger partial charge in [-0.15, -0.1) is 0 Å². The minimum Gasteiger partial charge on any atom is -0.462 e. The first-order valence-corrected chi connectivity index (χ1v) is 41.7. The largest absolute Gasteiger partial charge is 0.472 e. The van der Waals surface area contributed by atoms with Gasteiger partial charge in [-0.1, -0.05) is 280 Å². The molecule has 104 heavy (non-hydrogen) atoms. The van der Waals surface area contributed by atoms with Crippen LogP contribution in [0.15, 0.2) is 194 Å². The number of hydrogen-bond acceptors (Lipinski definition) is 15. The van der Waals surface area contributed by atoms with Crippen molar-refractivity contribution in [3.05, 3.63) is 194 Å². The standard InChI is InChI=1S/C85H134O17P2/c1-5-9-13-17-21-25-29-33-36-38-39-41-43-47-50-54-58-62-66-70-83(88)96-76-81(102-85(90)72-68-64-60-56-52-48-44-40-37-34-30-26-22-18-14-10-6-2)78-100-104(93,94)98-74-79(86)73-97-103(91,92)99-77-80(101-84(89)71-67-63-59-55-51-45-32-28-24-20-16-12-8-4)75-95-82(87)69-65-61-57-53-49-46-42-35-31-27-23-19-15-11-7-3/h9-11,13-16,20-23,25-28,32-37,39,41-42,47,49-50,53,58,61-62,65,79-81,86H,5-8,12,17-19,24,29-31,38,40,43-46,48,51-52,54-57,59-60,63-64,66-78H2,1-4H3,(H,91,92)(H,93,94)/b13-9-,14-10-,15-11-,20-16-,25-21-,26-22-,27-23-,32-28-,36-33-,37-34-,41-39-,42-35-,50-47-,53-49-,62-58-,65-61-. The van der Waals surface area contributed by atoms with Gasteiger partial charge in [0.2, 0.25) is 0 Å². The van der Waals surface area contributed by atoms with E-state index in [1.807, 2.05) is 36.5 Å². The minimum atomic E-state index is -5.01. The lowest BCUT2D eigenvalue weighted by Crippen LogP contribution is -2.30. The molecule has 0 saturated heterocycles. The zero-order valence-corrected chi connectivity index (χ0v) is 65.6. The van der Waals surface area contributed by atoms with E-state index in [0.29, 0.717) is 32.1 Å². The van der Waals surface area contributed by atoms with E-state index in [1.54, 1.807) is 6.08 Å². The van der Waals surface area contributed by atoms with E-state index in [-0.39, 0.29) is 25.7 Å². The van der Waals surface area contributed by atoms with Gasteiger partial charge in [0.25, 0.3) is 0 Å². The van der Waals surface area contributed by atoms with Gasteiger partial charge in [-0.25, -0.2) is 9.13 Å². The van der Waals surface area contributed by atoms with E-state index in [4.69, 9.17) is 37.0 Å². The summed E-state index contributed by atoms with van der Waals surface area (Å²) in [5.41, 5.74) is 0. The van der Waals surface area contributed by atoms with Gasteiger partial charge in [-0.2, -0.15) is 0 Å². The molecule has 0 aliphatic heterocycles. The second kappa shape index (κ2) is 75.1. The molecule has 5 atom stereocenters. The first-order chi connectivity index (χ1) is 50.7. The number of carbonyl (C=O) groups excluding carboxylic acids is 4. The molecule has 5 unspecified atom stereocenters. The molecular weight excluding hydrogens is 1350 g/mol. The molecule has 0 fully saturated rings. The van der Waals surface area contributed by atoms with Crippen LogP contribution < -0.4 is 0 Å². The smallest absolute Gasteiger partial charge is 0.462 e. The SMILES string of the molecule is CC/C=C\C/C=C\C/C=C\C/C=C\C/C=C\C/C=C\CCC(=O)OCC(COP(=O)(O)OCC(O)COP(=O)(O)OCC(COC(=O)C/C=C\C/C=C\C/C=C\C/C=C\C/C=C\CC)OC(=O)CCCCCCC/C=C\C/C=C\CCC)OC(=O)CCCCCCCCC/C=C\C/C=C\C/C=C\CC. The molecule has 17 nitrogen and oxygen atoms in total. The van der Waals surface area contributed by atoms with Crippen molar-refractivity contribution < 1.29 is 80.2 Å². The average molecular weight is 1490 g/mol.